The van der Waals surface area contributed by atoms with E-state index in [1.165, 1.54) is 17.0 Å². The lowest BCUT2D eigenvalue weighted by Crippen LogP contribution is -2.48. The smallest absolute Gasteiger partial charge is 0.424 e. The van der Waals surface area contributed by atoms with Crippen molar-refractivity contribution in [1.82, 2.24) is 9.21 Å². The third-order valence-corrected chi connectivity index (χ3v) is 8.80. The van der Waals surface area contributed by atoms with Crippen LogP contribution in [0.1, 0.15) is 23.1 Å². The quantitative estimate of drug-likeness (QED) is 0.322. The van der Waals surface area contributed by atoms with Crippen molar-refractivity contribution in [3.05, 3.63) is 108 Å². The van der Waals surface area contributed by atoms with E-state index in [2.05, 4.69) is 11.4 Å². The van der Waals surface area contributed by atoms with E-state index in [1.54, 1.807) is 61.6 Å². The number of hydrogen-bond donors (Lipinski definition) is 1. The van der Waals surface area contributed by atoms with Gasteiger partial charge in [-0.25, -0.2) is 13.2 Å². The molecule has 1 saturated heterocycles. The molecule has 0 saturated carbocycles. The Balaban J connectivity index is 1.47. The lowest BCUT2D eigenvalue weighted by Gasteiger charge is -2.27. The lowest BCUT2D eigenvalue weighted by atomic mass is 10.1. The van der Waals surface area contributed by atoms with Gasteiger partial charge in [-0.05, 0) is 64.7 Å². The molecule has 0 aliphatic carbocycles. The average Bonchev–Trinajstić information content (AvgIpc) is 3.34. The van der Waals surface area contributed by atoms with Crippen molar-refractivity contribution in [2.45, 2.75) is 30.5 Å². The zero-order valence-electron chi connectivity index (χ0n) is 22.4. The predicted molar refractivity (Wildman–Crippen MR) is 154 cm³/mol. The van der Waals surface area contributed by atoms with Crippen molar-refractivity contribution in [3.63, 3.8) is 0 Å². The van der Waals surface area contributed by atoms with Gasteiger partial charge in [0.2, 0.25) is 5.91 Å². The van der Waals surface area contributed by atoms with Crippen LogP contribution >= 0.6 is 0 Å². The molecular weight excluding hydrogens is 540 g/mol. The number of sulfonamides is 1. The number of anilines is 1. The number of fused-ring (bicyclic) bond motifs is 1. The van der Waals surface area contributed by atoms with Crippen LogP contribution in [0.4, 0.5) is 10.5 Å². The minimum absolute atomic E-state index is 0.105. The van der Waals surface area contributed by atoms with Crippen LogP contribution in [0.25, 0.3) is 10.8 Å². The number of likely N-dealkylation sites (tertiary alicyclic amines) is 1. The number of amides is 2. The molecule has 0 unspecified atom stereocenters. The van der Waals surface area contributed by atoms with Crippen molar-refractivity contribution < 1.29 is 22.7 Å². The van der Waals surface area contributed by atoms with E-state index in [-0.39, 0.29) is 31.0 Å². The molecule has 2 amide bonds. The molecule has 10 heteroatoms. The third kappa shape index (κ3) is 5.85. The molecule has 4 aromatic rings. The maximum absolute atomic E-state index is 14.1. The van der Waals surface area contributed by atoms with Gasteiger partial charge >= 0.3 is 6.09 Å². The number of rotatable bonds is 8. The highest BCUT2D eigenvalue weighted by atomic mass is 32.2. The molecule has 208 valence electrons. The first-order valence-electron chi connectivity index (χ1n) is 13.0. The van der Waals surface area contributed by atoms with Gasteiger partial charge < -0.3 is 15.0 Å². The topological polar surface area (TPSA) is 120 Å². The van der Waals surface area contributed by atoms with Gasteiger partial charge in [-0.3, -0.25) is 4.79 Å². The molecule has 0 spiro atoms. The average molecular weight is 569 g/mol. The van der Waals surface area contributed by atoms with Gasteiger partial charge in [-0.15, -0.1) is 0 Å². The summed E-state index contributed by atoms with van der Waals surface area (Å²) in [6.07, 6.45) is -1.02. The first-order chi connectivity index (χ1) is 19.8. The van der Waals surface area contributed by atoms with E-state index in [1.807, 2.05) is 24.3 Å². The minimum Gasteiger partial charge on any atom is -0.444 e. The first kappa shape index (κ1) is 27.7. The van der Waals surface area contributed by atoms with E-state index in [0.29, 0.717) is 20.8 Å². The van der Waals surface area contributed by atoms with Crippen molar-refractivity contribution in [2.75, 3.05) is 18.9 Å². The fraction of sp³-hybridized carbons (Fsp3) is 0.194. The SMILES string of the molecule is CNc1ccc2ccc(S(=O)(=O)N(C(=O)OCc3ccccc3)[C@H]3CCN(Cc4cccc(C#N)c4)C3=O)cc2c1. The Morgan fingerprint density at radius 1 is 1.00 bits per heavy atom. The van der Waals surface area contributed by atoms with E-state index >= 15 is 0 Å². The highest BCUT2D eigenvalue weighted by molar-refractivity contribution is 7.89. The van der Waals surface area contributed by atoms with Crippen molar-refractivity contribution in [1.29, 1.82) is 5.26 Å². The Bertz CT molecular complexity index is 1750. The number of benzene rings is 4. The molecule has 41 heavy (non-hydrogen) atoms. The van der Waals surface area contributed by atoms with Crippen LogP contribution in [0.2, 0.25) is 0 Å². The van der Waals surface area contributed by atoms with Crippen LogP contribution in [-0.2, 0) is 32.7 Å². The van der Waals surface area contributed by atoms with Crippen molar-refractivity contribution in [3.8, 4) is 6.07 Å². The highest BCUT2D eigenvalue weighted by Crippen LogP contribution is 2.30. The van der Waals surface area contributed by atoms with Gasteiger partial charge in [0.05, 0.1) is 16.5 Å². The van der Waals surface area contributed by atoms with Crippen LogP contribution in [0.3, 0.4) is 0 Å². The fourth-order valence-corrected chi connectivity index (χ4v) is 6.41. The Morgan fingerprint density at radius 2 is 1.76 bits per heavy atom. The number of ether oxygens (including phenoxy) is 1. The lowest BCUT2D eigenvalue weighted by molar-refractivity contribution is -0.131. The summed E-state index contributed by atoms with van der Waals surface area (Å²) in [4.78, 5) is 28.5. The summed E-state index contributed by atoms with van der Waals surface area (Å²) in [6, 6.07) is 26.7. The predicted octanol–water partition coefficient (Wildman–Crippen LogP) is 4.88. The monoisotopic (exact) mass is 568 g/mol. The second-order valence-electron chi connectivity index (χ2n) is 9.69. The molecule has 1 fully saturated rings. The molecule has 0 radical (unpaired) electrons. The molecule has 1 aliphatic rings. The molecule has 1 atom stereocenters. The summed E-state index contributed by atoms with van der Waals surface area (Å²) in [7, 11) is -2.73. The van der Waals surface area contributed by atoms with Gasteiger partial charge in [-0.1, -0.05) is 54.6 Å². The second kappa shape index (κ2) is 11.7. The van der Waals surface area contributed by atoms with Crippen LogP contribution < -0.4 is 5.32 Å². The van der Waals surface area contributed by atoms with Gasteiger partial charge in [0.1, 0.15) is 12.6 Å². The summed E-state index contributed by atoms with van der Waals surface area (Å²) in [5, 5.41) is 13.7. The molecule has 1 aliphatic heterocycles. The molecule has 1 N–H and O–H groups in total. The molecule has 9 nitrogen and oxygen atoms in total. The summed E-state index contributed by atoms with van der Waals surface area (Å²) in [5.41, 5.74) is 2.67. The minimum atomic E-state index is -4.49. The molecular formula is C31H28N4O5S. The Kier molecular flexibility index (Phi) is 7.90. The van der Waals surface area contributed by atoms with Crippen LogP contribution in [0.15, 0.2) is 95.9 Å². The van der Waals surface area contributed by atoms with Crippen molar-refractivity contribution >= 4 is 38.5 Å². The molecule has 0 bridgehead atoms. The fourth-order valence-electron chi connectivity index (χ4n) is 4.89. The maximum atomic E-state index is 14.1. The van der Waals surface area contributed by atoms with Crippen LogP contribution in [0, 0.1) is 11.3 Å². The van der Waals surface area contributed by atoms with Gasteiger partial charge in [0, 0.05) is 25.8 Å². The third-order valence-electron chi connectivity index (χ3n) is 7.02. The molecule has 1 heterocycles. The largest absolute Gasteiger partial charge is 0.444 e. The number of nitrogens with zero attached hydrogens (tertiary/aromatic N) is 3. The summed E-state index contributed by atoms with van der Waals surface area (Å²) < 4.78 is 34.2. The normalized spacial score (nSPS) is 15.0. The maximum Gasteiger partial charge on any atom is 0.424 e. The summed E-state index contributed by atoms with van der Waals surface area (Å²) in [6.45, 7) is 0.266. The highest BCUT2D eigenvalue weighted by Gasteiger charge is 2.45. The van der Waals surface area contributed by atoms with Gasteiger partial charge in [0.15, 0.2) is 0 Å². The Hall–Kier alpha value is -4.88. The Labute approximate surface area is 238 Å². The molecule has 0 aromatic heterocycles. The molecule has 4 aromatic carbocycles. The standard InChI is InChI=1S/C31H28N4O5S/c1-33-27-12-10-25-11-13-28(18-26(25)17-27)41(38,39)35(31(37)40-21-22-6-3-2-4-7-22)29-14-15-34(30(29)36)20-24-9-5-8-23(16-24)19-32/h2-13,16-18,29,33H,14-15,20-21H2,1H3/t29-/m0/s1. The number of carbonyl (C=O) groups is 2. The zero-order valence-corrected chi connectivity index (χ0v) is 23.2. The number of carbonyl (C=O) groups excluding carboxylic acids is 2. The van der Waals surface area contributed by atoms with Gasteiger partial charge in [-0.2, -0.15) is 9.57 Å². The number of nitriles is 1. The van der Waals surface area contributed by atoms with Crippen molar-refractivity contribution in [2.24, 2.45) is 0 Å². The molecule has 5 rings (SSSR count). The Morgan fingerprint density at radius 3 is 2.51 bits per heavy atom. The van der Waals surface area contributed by atoms with Crippen LogP contribution in [0.5, 0.6) is 0 Å². The van der Waals surface area contributed by atoms with E-state index in [4.69, 9.17) is 4.74 Å². The zero-order chi connectivity index (χ0) is 29.0. The van der Waals surface area contributed by atoms with Crippen LogP contribution in [-0.4, -0.2) is 49.3 Å². The van der Waals surface area contributed by atoms with E-state index < -0.39 is 28.1 Å². The summed E-state index contributed by atoms with van der Waals surface area (Å²) in [5.74, 6) is -0.508. The number of hydrogen-bond acceptors (Lipinski definition) is 7. The first-order valence-corrected chi connectivity index (χ1v) is 14.5. The van der Waals surface area contributed by atoms with E-state index in [0.717, 1.165) is 16.6 Å². The summed E-state index contributed by atoms with van der Waals surface area (Å²) >= 11 is 0. The van der Waals surface area contributed by atoms with E-state index in [9.17, 15) is 23.3 Å². The number of nitrogens with one attached hydrogen (secondary N) is 1. The van der Waals surface area contributed by atoms with Gasteiger partial charge in [0.25, 0.3) is 10.0 Å². The second-order valence-corrected chi connectivity index (χ2v) is 11.5.